The van der Waals surface area contributed by atoms with Gasteiger partial charge in [-0.2, -0.15) is 0 Å². The highest BCUT2D eigenvalue weighted by molar-refractivity contribution is 5.94. The molecule has 0 atom stereocenters. The number of amides is 1. The Bertz CT molecular complexity index is 887. The quantitative estimate of drug-likeness (QED) is 0.794. The third-order valence-electron chi connectivity index (χ3n) is 5.79. The summed E-state index contributed by atoms with van der Waals surface area (Å²) >= 11 is 0. The summed E-state index contributed by atoms with van der Waals surface area (Å²) in [6, 6.07) is 8.01. The summed E-state index contributed by atoms with van der Waals surface area (Å²) in [5.74, 6) is 2.79. The molecule has 1 aromatic heterocycles. The van der Waals surface area contributed by atoms with Crippen molar-refractivity contribution < 1.29 is 9.53 Å². The van der Waals surface area contributed by atoms with Gasteiger partial charge < -0.3 is 19.4 Å². The van der Waals surface area contributed by atoms with Crippen molar-refractivity contribution in [2.45, 2.75) is 20.8 Å². The molecule has 2 aliphatic rings. The number of carbonyl (C=O) groups is 1. The normalized spacial score (nSPS) is 17.6. The minimum atomic E-state index is 0.112. The molecule has 0 N–H and O–H groups in total. The van der Waals surface area contributed by atoms with E-state index in [2.05, 4.69) is 32.8 Å². The summed E-state index contributed by atoms with van der Waals surface area (Å²) in [5.41, 5.74) is 3.14. The fraction of sp³-hybridized carbons (Fsp3) is 0.500. The van der Waals surface area contributed by atoms with Gasteiger partial charge in [0.1, 0.15) is 17.5 Å². The molecule has 2 fully saturated rings. The van der Waals surface area contributed by atoms with Crippen molar-refractivity contribution in [3.05, 3.63) is 46.8 Å². The van der Waals surface area contributed by atoms with Crippen molar-refractivity contribution in [1.29, 1.82) is 0 Å². The number of hydrogen-bond donors (Lipinski definition) is 0. The Hall–Kier alpha value is -2.67. The van der Waals surface area contributed by atoms with Gasteiger partial charge in [0.2, 0.25) is 0 Å². The van der Waals surface area contributed by atoms with Crippen LogP contribution in [-0.2, 0) is 4.74 Å². The number of aromatic nitrogens is 2. The van der Waals surface area contributed by atoms with Crippen LogP contribution in [0, 0.1) is 20.8 Å². The van der Waals surface area contributed by atoms with Gasteiger partial charge >= 0.3 is 0 Å². The third-order valence-corrected chi connectivity index (χ3v) is 5.79. The van der Waals surface area contributed by atoms with Crippen molar-refractivity contribution in [3.8, 4) is 0 Å². The maximum atomic E-state index is 12.9. The average molecular weight is 396 g/mol. The van der Waals surface area contributed by atoms with E-state index in [-0.39, 0.29) is 5.91 Å². The molecule has 2 saturated heterocycles. The maximum Gasteiger partial charge on any atom is 0.253 e. The lowest BCUT2D eigenvalue weighted by atomic mass is 10.1. The van der Waals surface area contributed by atoms with E-state index in [0.29, 0.717) is 13.1 Å². The van der Waals surface area contributed by atoms with Gasteiger partial charge in [0, 0.05) is 50.9 Å². The molecule has 29 heavy (non-hydrogen) atoms. The van der Waals surface area contributed by atoms with E-state index >= 15 is 0 Å². The van der Waals surface area contributed by atoms with E-state index in [1.54, 1.807) is 0 Å². The van der Waals surface area contributed by atoms with Crippen LogP contribution in [0.2, 0.25) is 0 Å². The molecule has 7 nitrogen and oxygen atoms in total. The molecule has 154 valence electrons. The van der Waals surface area contributed by atoms with Gasteiger partial charge in [-0.25, -0.2) is 9.97 Å². The number of rotatable bonds is 3. The lowest BCUT2D eigenvalue weighted by molar-refractivity contribution is 0.0746. The van der Waals surface area contributed by atoms with Crippen LogP contribution in [0.5, 0.6) is 0 Å². The molecule has 1 aromatic carbocycles. The van der Waals surface area contributed by atoms with E-state index in [9.17, 15) is 4.79 Å². The number of benzene rings is 1. The first-order valence-electron chi connectivity index (χ1n) is 10.3. The van der Waals surface area contributed by atoms with E-state index in [1.165, 1.54) is 5.56 Å². The minimum Gasteiger partial charge on any atom is -0.378 e. The number of nitrogens with zero attached hydrogens (tertiary/aromatic N) is 5. The summed E-state index contributed by atoms with van der Waals surface area (Å²) < 4.78 is 5.45. The topological polar surface area (TPSA) is 61.8 Å². The molecule has 7 heteroatoms. The molecule has 0 saturated carbocycles. The van der Waals surface area contributed by atoms with Crippen molar-refractivity contribution in [1.82, 2.24) is 14.9 Å². The van der Waals surface area contributed by atoms with E-state index in [1.807, 2.05) is 36.9 Å². The minimum absolute atomic E-state index is 0.112. The zero-order valence-corrected chi connectivity index (χ0v) is 17.5. The first kappa shape index (κ1) is 19.6. The molecule has 0 unspecified atom stereocenters. The van der Waals surface area contributed by atoms with Crippen LogP contribution in [-0.4, -0.2) is 73.3 Å². The number of ether oxygens (including phenoxy) is 1. The first-order valence-corrected chi connectivity index (χ1v) is 10.3. The van der Waals surface area contributed by atoms with E-state index in [0.717, 1.165) is 68.0 Å². The first-order chi connectivity index (χ1) is 14.0. The predicted molar refractivity (Wildman–Crippen MR) is 114 cm³/mol. The van der Waals surface area contributed by atoms with Crippen LogP contribution < -0.4 is 9.80 Å². The largest absolute Gasteiger partial charge is 0.378 e. The second-order valence-corrected chi connectivity index (χ2v) is 7.81. The number of aryl methyl sites for hydroxylation is 3. The van der Waals surface area contributed by atoms with E-state index in [4.69, 9.17) is 4.74 Å². The van der Waals surface area contributed by atoms with Gasteiger partial charge in [0.05, 0.1) is 13.2 Å². The molecule has 2 aromatic rings. The molecular formula is C22H29N5O2. The molecule has 4 rings (SSSR count). The highest BCUT2D eigenvalue weighted by atomic mass is 16.5. The second-order valence-electron chi connectivity index (χ2n) is 7.81. The Morgan fingerprint density at radius 1 is 0.828 bits per heavy atom. The summed E-state index contributed by atoms with van der Waals surface area (Å²) in [7, 11) is 0. The highest BCUT2D eigenvalue weighted by Gasteiger charge is 2.24. The summed E-state index contributed by atoms with van der Waals surface area (Å²) in [6.45, 7) is 12.2. The van der Waals surface area contributed by atoms with E-state index < -0.39 is 0 Å². The van der Waals surface area contributed by atoms with Gasteiger partial charge in [0.15, 0.2) is 0 Å². The van der Waals surface area contributed by atoms with Crippen molar-refractivity contribution >= 4 is 17.5 Å². The Labute approximate surface area is 172 Å². The smallest absolute Gasteiger partial charge is 0.253 e. The average Bonchev–Trinajstić information content (AvgIpc) is 2.75. The van der Waals surface area contributed by atoms with Crippen molar-refractivity contribution in [2.75, 3.05) is 62.3 Å². The number of anilines is 2. The van der Waals surface area contributed by atoms with Crippen LogP contribution >= 0.6 is 0 Å². The number of carbonyl (C=O) groups excluding carboxylic acids is 1. The van der Waals surface area contributed by atoms with Crippen LogP contribution in [0.15, 0.2) is 24.3 Å². The lowest BCUT2D eigenvalue weighted by Crippen LogP contribution is -2.49. The van der Waals surface area contributed by atoms with Crippen molar-refractivity contribution in [2.24, 2.45) is 0 Å². The van der Waals surface area contributed by atoms with Crippen LogP contribution in [0.3, 0.4) is 0 Å². The zero-order valence-electron chi connectivity index (χ0n) is 17.5. The Balaban J connectivity index is 1.43. The molecule has 3 heterocycles. The summed E-state index contributed by atoms with van der Waals surface area (Å²) in [6.07, 6.45) is 0. The highest BCUT2D eigenvalue weighted by Crippen LogP contribution is 2.22. The SMILES string of the molecule is Cc1nc(N2CCOCC2)cc(N2CCN(C(=O)c3ccc(C)c(C)c3)CC2)n1. The second kappa shape index (κ2) is 8.37. The Morgan fingerprint density at radius 2 is 1.45 bits per heavy atom. The Kier molecular flexibility index (Phi) is 5.67. The molecule has 2 aliphatic heterocycles. The summed E-state index contributed by atoms with van der Waals surface area (Å²) in [5, 5.41) is 0. The van der Waals surface area contributed by atoms with Crippen LogP contribution in [0.4, 0.5) is 11.6 Å². The van der Waals surface area contributed by atoms with Gasteiger partial charge in [-0.05, 0) is 44.0 Å². The lowest BCUT2D eigenvalue weighted by Gasteiger charge is -2.36. The molecular weight excluding hydrogens is 366 g/mol. The zero-order chi connectivity index (χ0) is 20.4. The van der Waals surface area contributed by atoms with Crippen molar-refractivity contribution in [3.63, 3.8) is 0 Å². The predicted octanol–water partition coefficient (Wildman–Crippen LogP) is 2.20. The van der Waals surface area contributed by atoms with Crippen LogP contribution in [0.1, 0.15) is 27.3 Å². The fourth-order valence-corrected chi connectivity index (χ4v) is 3.85. The molecule has 0 spiro atoms. The van der Waals surface area contributed by atoms with Gasteiger partial charge in [-0.15, -0.1) is 0 Å². The number of piperazine rings is 1. The standard InChI is InChI=1S/C22H29N5O2/c1-16-4-5-19(14-17(16)2)22(28)27-8-6-25(7-9-27)20-15-21(24-18(3)23-20)26-10-12-29-13-11-26/h4-5,14-15H,6-13H2,1-3H3. The summed E-state index contributed by atoms with van der Waals surface area (Å²) in [4.78, 5) is 28.6. The number of morpholine rings is 1. The monoisotopic (exact) mass is 395 g/mol. The van der Waals surface area contributed by atoms with Crippen LogP contribution in [0.25, 0.3) is 0 Å². The number of hydrogen-bond acceptors (Lipinski definition) is 6. The maximum absolute atomic E-state index is 12.9. The van der Waals surface area contributed by atoms with Gasteiger partial charge in [-0.1, -0.05) is 6.07 Å². The Morgan fingerprint density at radius 3 is 2.07 bits per heavy atom. The molecule has 0 radical (unpaired) electrons. The van der Waals surface area contributed by atoms with Gasteiger partial charge in [-0.3, -0.25) is 4.79 Å². The fourth-order valence-electron chi connectivity index (χ4n) is 3.85. The third kappa shape index (κ3) is 4.34. The molecule has 0 bridgehead atoms. The molecule has 1 amide bonds. The van der Waals surface area contributed by atoms with Gasteiger partial charge in [0.25, 0.3) is 5.91 Å². The molecule has 0 aliphatic carbocycles.